The number of hydrogen-bond acceptors (Lipinski definition) is 4. The van der Waals surface area contributed by atoms with Gasteiger partial charge in [0.05, 0.1) is 11.9 Å². The van der Waals surface area contributed by atoms with Crippen molar-refractivity contribution in [3.05, 3.63) is 45.4 Å². The summed E-state index contributed by atoms with van der Waals surface area (Å²) >= 11 is 6.68. The Morgan fingerprint density at radius 1 is 1.22 bits per heavy atom. The average Bonchev–Trinajstić information content (AvgIpc) is 2.34. The summed E-state index contributed by atoms with van der Waals surface area (Å²) in [5.41, 5.74) is 7.11. The number of anilines is 2. The van der Waals surface area contributed by atoms with Crippen LogP contribution >= 0.6 is 31.9 Å². The van der Waals surface area contributed by atoms with Crippen LogP contribution in [0.2, 0.25) is 0 Å². The van der Waals surface area contributed by atoms with Gasteiger partial charge in [0.1, 0.15) is 5.69 Å². The number of nitrogen functional groups attached to an aromatic ring is 1. The number of nitrogens with one attached hydrogen (secondary N) is 1. The van der Waals surface area contributed by atoms with Gasteiger partial charge in [0.2, 0.25) is 0 Å². The third-order valence-corrected chi connectivity index (χ3v) is 3.35. The summed E-state index contributed by atoms with van der Waals surface area (Å²) in [5, 5.41) is 2.73. The Labute approximate surface area is 120 Å². The Balaban J connectivity index is 2.28. The van der Waals surface area contributed by atoms with Crippen LogP contribution in [0.15, 0.2) is 39.7 Å². The van der Waals surface area contributed by atoms with E-state index in [1.807, 2.05) is 0 Å². The molecule has 0 atom stereocenters. The maximum Gasteiger partial charge on any atom is 0.275 e. The van der Waals surface area contributed by atoms with Crippen molar-refractivity contribution in [3.63, 3.8) is 0 Å². The van der Waals surface area contributed by atoms with Crippen LogP contribution in [0.1, 0.15) is 10.5 Å². The van der Waals surface area contributed by atoms with Crippen molar-refractivity contribution in [2.75, 3.05) is 11.1 Å². The molecule has 0 bridgehead atoms. The summed E-state index contributed by atoms with van der Waals surface area (Å²) in [4.78, 5) is 19.7. The molecule has 0 aliphatic carbocycles. The lowest BCUT2D eigenvalue weighted by molar-refractivity contribution is 0.102. The minimum atomic E-state index is -0.339. The lowest BCUT2D eigenvalue weighted by atomic mass is 10.3. The molecule has 18 heavy (non-hydrogen) atoms. The second-order valence-corrected chi connectivity index (χ2v) is 5.11. The maximum absolute atomic E-state index is 11.9. The predicted molar refractivity (Wildman–Crippen MR) is 76.2 cm³/mol. The van der Waals surface area contributed by atoms with Crippen LogP contribution in [0.5, 0.6) is 0 Å². The predicted octanol–water partition coefficient (Wildman–Crippen LogP) is 2.84. The first-order chi connectivity index (χ1) is 8.58. The van der Waals surface area contributed by atoms with E-state index in [9.17, 15) is 4.79 Å². The van der Waals surface area contributed by atoms with Crippen LogP contribution in [0.3, 0.4) is 0 Å². The minimum Gasteiger partial charge on any atom is -0.399 e. The van der Waals surface area contributed by atoms with E-state index in [0.29, 0.717) is 20.3 Å². The lowest BCUT2D eigenvalue weighted by Gasteiger charge is -2.10. The monoisotopic (exact) mass is 370 g/mol. The third kappa shape index (κ3) is 2.85. The van der Waals surface area contributed by atoms with Crippen LogP contribution in [0.25, 0.3) is 0 Å². The normalized spacial score (nSPS) is 10.1. The number of aromatic nitrogens is 2. The molecule has 1 aromatic heterocycles. The number of carbonyl (C=O) groups excluding carboxylic acids is 1. The van der Waals surface area contributed by atoms with E-state index >= 15 is 0 Å². The molecule has 5 nitrogen and oxygen atoms in total. The number of amides is 1. The molecule has 92 valence electrons. The molecule has 0 radical (unpaired) electrons. The number of nitrogens with two attached hydrogens (primary N) is 1. The van der Waals surface area contributed by atoms with Gasteiger partial charge in [-0.25, -0.2) is 4.98 Å². The number of halogens is 2. The fourth-order valence-electron chi connectivity index (χ4n) is 1.31. The van der Waals surface area contributed by atoms with E-state index in [1.54, 1.807) is 12.1 Å². The van der Waals surface area contributed by atoms with Gasteiger partial charge in [0, 0.05) is 27.0 Å². The number of nitrogens with zero attached hydrogens (tertiary/aromatic N) is 2. The Hall–Kier alpha value is -1.47. The summed E-state index contributed by atoms with van der Waals surface area (Å²) in [7, 11) is 0. The fourth-order valence-corrected chi connectivity index (χ4v) is 2.73. The van der Waals surface area contributed by atoms with Crippen molar-refractivity contribution in [2.24, 2.45) is 0 Å². The van der Waals surface area contributed by atoms with E-state index in [2.05, 4.69) is 47.1 Å². The molecule has 0 saturated carbocycles. The first kappa shape index (κ1) is 13.0. The Kier molecular flexibility index (Phi) is 3.93. The SMILES string of the molecule is Nc1cc(Br)c(NC(=O)c2cnccn2)c(Br)c1. The zero-order chi connectivity index (χ0) is 13.1. The van der Waals surface area contributed by atoms with Gasteiger partial charge in [-0.3, -0.25) is 9.78 Å². The van der Waals surface area contributed by atoms with Crippen molar-refractivity contribution in [1.29, 1.82) is 0 Å². The van der Waals surface area contributed by atoms with Crippen LogP contribution in [-0.4, -0.2) is 15.9 Å². The maximum atomic E-state index is 11.9. The standard InChI is InChI=1S/C11H8Br2N4O/c12-7-3-6(14)4-8(13)10(7)17-11(18)9-5-15-1-2-16-9/h1-5H,14H2,(H,17,18). The van der Waals surface area contributed by atoms with Gasteiger partial charge < -0.3 is 11.1 Å². The van der Waals surface area contributed by atoms with Crippen molar-refractivity contribution in [1.82, 2.24) is 9.97 Å². The van der Waals surface area contributed by atoms with Gasteiger partial charge in [-0.15, -0.1) is 0 Å². The number of benzene rings is 1. The Morgan fingerprint density at radius 3 is 2.44 bits per heavy atom. The molecule has 1 amide bonds. The summed E-state index contributed by atoms with van der Waals surface area (Å²) in [6, 6.07) is 3.41. The second kappa shape index (κ2) is 5.45. The van der Waals surface area contributed by atoms with Gasteiger partial charge in [-0.1, -0.05) is 0 Å². The fraction of sp³-hybridized carbons (Fsp3) is 0. The van der Waals surface area contributed by atoms with Crippen LogP contribution in [0.4, 0.5) is 11.4 Å². The summed E-state index contributed by atoms with van der Waals surface area (Å²) in [6.45, 7) is 0. The molecule has 2 rings (SSSR count). The van der Waals surface area contributed by atoms with Gasteiger partial charge in [-0.2, -0.15) is 0 Å². The first-order valence-corrected chi connectivity index (χ1v) is 6.48. The van der Waals surface area contributed by atoms with Gasteiger partial charge >= 0.3 is 0 Å². The van der Waals surface area contributed by atoms with E-state index in [1.165, 1.54) is 18.6 Å². The number of rotatable bonds is 2. The smallest absolute Gasteiger partial charge is 0.275 e. The first-order valence-electron chi connectivity index (χ1n) is 4.90. The molecule has 0 aliphatic rings. The second-order valence-electron chi connectivity index (χ2n) is 3.40. The molecular weight excluding hydrogens is 364 g/mol. The Morgan fingerprint density at radius 2 is 1.89 bits per heavy atom. The molecule has 2 aromatic rings. The quantitative estimate of drug-likeness (QED) is 0.795. The van der Waals surface area contributed by atoms with Crippen LogP contribution < -0.4 is 11.1 Å². The minimum absolute atomic E-state index is 0.244. The lowest BCUT2D eigenvalue weighted by Crippen LogP contribution is -2.14. The van der Waals surface area contributed by atoms with Crippen LogP contribution in [0, 0.1) is 0 Å². The summed E-state index contributed by atoms with van der Waals surface area (Å²) in [6.07, 6.45) is 4.36. The molecular formula is C11H8Br2N4O. The highest BCUT2D eigenvalue weighted by atomic mass is 79.9. The molecule has 0 unspecified atom stereocenters. The molecule has 0 spiro atoms. The number of hydrogen-bond donors (Lipinski definition) is 2. The highest BCUT2D eigenvalue weighted by molar-refractivity contribution is 9.11. The van der Waals surface area contributed by atoms with E-state index in [4.69, 9.17) is 5.73 Å². The van der Waals surface area contributed by atoms with E-state index < -0.39 is 0 Å². The summed E-state index contributed by atoms with van der Waals surface area (Å²) in [5.74, 6) is -0.339. The van der Waals surface area contributed by atoms with E-state index in [-0.39, 0.29) is 11.6 Å². The van der Waals surface area contributed by atoms with Crippen molar-refractivity contribution >= 4 is 49.1 Å². The largest absolute Gasteiger partial charge is 0.399 e. The van der Waals surface area contributed by atoms with E-state index in [0.717, 1.165) is 0 Å². The molecule has 1 aromatic carbocycles. The van der Waals surface area contributed by atoms with Crippen molar-refractivity contribution in [2.45, 2.75) is 0 Å². The summed E-state index contributed by atoms with van der Waals surface area (Å²) < 4.78 is 1.37. The van der Waals surface area contributed by atoms with Crippen molar-refractivity contribution in [3.8, 4) is 0 Å². The van der Waals surface area contributed by atoms with Gasteiger partial charge in [0.25, 0.3) is 5.91 Å². The van der Waals surface area contributed by atoms with Crippen LogP contribution in [-0.2, 0) is 0 Å². The number of carbonyl (C=O) groups is 1. The Bertz CT molecular complexity index is 566. The van der Waals surface area contributed by atoms with Gasteiger partial charge in [-0.05, 0) is 44.0 Å². The average molecular weight is 372 g/mol. The molecule has 7 heteroatoms. The highest BCUT2D eigenvalue weighted by Crippen LogP contribution is 2.33. The molecule has 3 N–H and O–H groups in total. The highest BCUT2D eigenvalue weighted by Gasteiger charge is 2.12. The zero-order valence-corrected chi connectivity index (χ0v) is 12.2. The van der Waals surface area contributed by atoms with Crippen molar-refractivity contribution < 1.29 is 4.79 Å². The molecule has 0 aliphatic heterocycles. The zero-order valence-electron chi connectivity index (χ0n) is 9.02. The topological polar surface area (TPSA) is 80.9 Å². The molecule has 0 saturated heterocycles. The molecule has 0 fully saturated rings. The van der Waals surface area contributed by atoms with Gasteiger partial charge in [0.15, 0.2) is 0 Å². The molecule has 1 heterocycles. The third-order valence-electron chi connectivity index (χ3n) is 2.10.